The fourth-order valence-corrected chi connectivity index (χ4v) is 3.62. The van der Waals surface area contributed by atoms with Crippen LogP contribution in [0.25, 0.3) is 0 Å². The summed E-state index contributed by atoms with van der Waals surface area (Å²) in [7, 11) is 1.00. The van der Waals surface area contributed by atoms with E-state index in [1.807, 2.05) is 13.8 Å². The molecule has 2 heteroatoms. The molecule has 0 heterocycles. The lowest BCUT2D eigenvalue weighted by Crippen LogP contribution is -2.16. The lowest BCUT2D eigenvalue weighted by atomic mass is 9.80. The third-order valence-corrected chi connectivity index (χ3v) is 4.93. The smallest absolute Gasteiger partial charge is 0.0319 e. The van der Waals surface area contributed by atoms with Crippen molar-refractivity contribution in [2.75, 3.05) is 13.7 Å². The molecule has 1 aromatic rings. The normalized spacial score (nSPS) is 17.0. The van der Waals surface area contributed by atoms with Crippen LogP contribution in [0.4, 0.5) is 0 Å². The number of nitrogens with two attached hydrogens (primary N) is 1. The standard InChI is InChI=1S/C20H31N.C2H6.CH4O/c1-3-5-6-8-16-9-10-18-14-19(12-11-17(18)13-16)20(15-21)7-4-2;2*1-2/h3,5,11-12,14,16,20H,4,6-10,13,15,21H2,1-2H3;1-2H3;2H,1H3/b5-3-;;/t16-,20?;;/m0../s1. The van der Waals surface area contributed by atoms with Crippen LogP contribution in [0.5, 0.6) is 0 Å². The van der Waals surface area contributed by atoms with E-state index >= 15 is 0 Å². The topological polar surface area (TPSA) is 46.2 Å². The second-order valence-electron chi connectivity index (χ2n) is 6.50. The third kappa shape index (κ3) is 8.20. The van der Waals surface area contributed by atoms with E-state index in [9.17, 15) is 0 Å². The number of hydrogen-bond acceptors (Lipinski definition) is 2. The summed E-state index contributed by atoms with van der Waals surface area (Å²) >= 11 is 0. The molecule has 25 heavy (non-hydrogen) atoms. The summed E-state index contributed by atoms with van der Waals surface area (Å²) in [6.07, 6.45) is 13.4. The molecule has 0 aliphatic heterocycles. The molecular weight excluding hydrogens is 306 g/mol. The molecule has 1 aliphatic rings. The molecule has 1 unspecified atom stereocenters. The first kappa shape index (κ1) is 23.9. The Hall–Kier alpha value is -1.12. The van der Waals surface area contributed by atoms with E-state index in [4.69, 9.17) is 10.8 Å². The molecule has 2 rings (SSSR count). The molecule has 1 aromatic carbocycles. The van der Waals surface area contributed by atoms with Gasteiger partial charge in [-0.3, -0.25) is 0 Å². The largest absolute Gasteiger partial charge is 0.400 e. The highest BCUT2D eigenvalue weighted by Gasteiger charge is 2.19. The summed E-state index contributed by atoms with van der Waals surface area (Å²) in [5.41, 5.74) is 10.6. The van der Waals surface area contributed by atoms with Gasteiger partial charge in [0.1, 0.15) is 0 Å². The molecule has 0 spiro atoms. The van der Waals surface area contributed by atoms with Crippen LogP contribution in [0.3, 0.4) is 0 Å². The Labute approximate surface area is 156 Å². The monoisotopic (exact) mass is 347 g/mol. The summed E-state index contributed by atoms with van der Waals surface area (Å²) in [4.78, 5) is 0. The zero-order chi connectivity index (χ0) is 19.1. The fourth-order valence-electron chi connectivity index (χ4n) is 3.62. The van der Waals surface area contributed by atoms with Crippen molar-refractivity contribution in [3.63, 3.8) is 0 Å². The minimum atomic E-state index is 0.549. The third-order valence-electron chi connectivity index (χ3n) is 4.93. The van der Waals surface area contributed by atoms with Crippen LogP contribution in [0.1, 0.15) is 82.4 Å². The van der Waals surface area contributed by atoms with Crippen molar-refractivity contribution < 1.29 is 5.11 Å². The summed E-state index contributed by atoms with van der Waals surface area (Å²) in [5, 5.41) is 7.00. The molecule has 2 atom stereocenters. The maximum absolute atomic E-state index is 7.00. The lowest BCUT2D eigenvalue weighted by Gasteiger charge is -2.26. The summed E-state index contributed by atoms with van der Waals surface area (Å²) in [5.74, 6) is 1.42. The van der Waals surface area contributed by atoms with E-state index in [0.717, 1.165) is 19.6 Å². The van der Waals surface area contributed by atoms with Gasteiger partial charge in [-0.1, -0.05) is 57.5 Å². The molecule has 0 fully saturated rings. The minimum Gasteiger partial charge on any atom is -0.400 e. The van der Waals surface area contributed by atoms with Gasteiger partial charge in [-0.05, 0) is 80.5 Å². The average Bonchev–Trinajstić information content (AvgIpc) is 2.69. The molecule has 0 radical (unpaired) electrons. The molecule has 0 saturated heterocycles. The summed E-state index contributed by atoms with van der Waals surface area (Å²) < 4.78 is 0. The van der Waals surface area contributed by atoms with Crippen molar-refractivity contribution in [2.24, 2.45) is 11.7 Å². The van der Waals surface area contributed by atoms with Gasteiger partial charge in [-0.2, -0.15) is 0 Å². The van der Waals surface area contributed by atoms with Crippen LogP contribution in [0.15, 0.2) is 30.4 Å². The molecule has 144 valence electrons. The Kier molecular flexibility index (Phi) is 14.5. The van der Waals surface area contributed by atoms with Crippen LogP contribution in [0.2, 0.25) is 0 Å². The number of aryl methyl sites for hydroxylation is 1. The number of allylic oxidation sites excluding steroid dienone is 2. The highest BCUT2D eigenvalue weighted by Crippen LogP contribution is 2.31. The minimum absolute atomic E-state index is 0.549. The molecule has 0 bridgehead atoms. The number of aliphatic hydroxyl groups excluding tert-OH is 1. The van der Waals surface area contributed by atoms with E-state index in [-0.39, 0.29) is 0 Å². The van der Waals surface area contributed by atoms with E-state index < -0.39 is 0 Å². The molecule has 2 nitrogen and oxygen atoms in total. The second kappa shape index (κ2) is 15.2. The molecule has 1 aliphatic carbocycles. The number of benzene rings is 1. The molecule has 3 N–H and O–H groups in total. The first-order chi connectivity index (χ1) is 12.3. The van der Waals surface area contributed by atoms with Gasteiger partial charge < -0.3 is 10.8 Å². The van der Waals surface area contributed by atoms with Crippen molar-refractivity contribution in [3.8, 4) is 0 Å². The maximum Gasteiger partial charge on any atom is 0.0319 e. The van der Waals surface area contributed by atoms with E-state index in [1.165, 1.54) is 50.5 Å². The van der Waals surface area contributed by atoms with Gasteiger partial charge in [0.05, 0.1) is 0 Å². The van der Waals surface area contributed by atoms with Crippen LogP contribution < -0.4 is 5.73 Å². The Bertz CT molecular complexity index is 467. The number of rotatable bonds is 7. The van der Waals surface area contributed by atoms with Gasteiger partial charge in [0.15, 0.2) is 0 Å². The maximum atomic E-state index is 7.00. The van der Waals surface area contributed by atoms with Crippen LogP contribution >= 0.6 is 0 Å². The Morgan fingerprint density at radius 3 is 2.56 bits per heavy atom. The zero-order valence-corrected chi connectivity index (χ0v) is 17.2. The predicted octanol–water partition coefficient (Wildman–Crippen LogP) is 5.62. The Morgan fingerprint density at radius 1 is 1.24 bits per heavy atom. The van der Waals surface area contributed by atoms with Gasteiger partial charge in [0, 0.05) is 7.11 Å². The first-order valence-electron chi connectivity index (χ1n) is 10.2. The van der Waals surface area contributed by atoms with E-state index in [1.54, 1.807) is 11.1 Å². The number of fused-ring (bicyclic) bond motifs is 1. The van der Waals surface area contributed by atoms with Gasteiger partial charge in [0.2, 0.25) is 0 Å². The molecule has 0 saturated carbocycles. The van der Waals surface area contributed by atoms with Crippen LogP contribution in [-0.2, 0) is 12.8 Å². The van der Waals surface area contributed by atoms with Crippen molar-refractivity contribution in [3.05, 3.63) is 47.0 Å². The SMILES string of the molecule is C/C=C\CC[C@H]1CCc2cc(C(CN)CCC)ccc2C1.CC.CO. The quantitative estimate of drug-likeness (QED) is 0.628. The van der Waals surface area contributed by atoms with Crippen molar-refractivity contribution in [1.82, 2.24) is 0 Å². The van der Waals surface area contributed by atoms with Crippen molar-refractivity contribution in [1.29, 1.82) is 0 Å². The lowest BCUT2D eigenvalue weighted by molar-refractivity contribution is 0.399. The summed E-state index contributed by atoms with van der Waals surface area (Å²) in [6.45, 7) is 9.14. The average molecular weight is 348 g/mol. The van der Waals surface area contributed by atoms with Crippen molar-refractivity contribution in [2.45, 2.75) is 78.6 Å². The van der Waals surface area contributed by atoms with Crippen LogP contribution in [-0.4, -0.2) is 18.8 Å². The van der Waals surface area contributed by atoms with Crippen LogP contribution in [0, 0.1) is 5.92 Å². The van der Waals surface area contributed by atoms with Gasteiger partial charge in [0.25, 0.3) is 0 Å². The van der Waals surface area contributed by atoms with Gasteiger partial charge in [-0.25, -0.2) is 0 Å². The second-order valence-corrected chi connectivity index (χ2v) is 6.50. The molecule has 0 amide bonds. The summed E-state index contributed by atoms with van der Waals surface area (Å²) in [6, 6.07) is 7.16. The van der Waals surface area contributed by atoms with Gasteiger partial charge in [-0.15, -0.1) is 0 Å². The molecule has 0 aromatic heterocycles. The number of aliphatic hydroxyl groups is 1. The Morgan fingerprint density at radius 2 is 1.96 bits per heavy atom. The van der Waals surface area contributed by atoms with E-state index in [0.29, 0.717) is 5.92 Å². The van der Waals surface area contributed by atoms with Crippen molar-refractivity contribution >= 4 is 0 Å². The highest BCUT2D eigenvalue weighted by molar-refractivity contribution is 5.36. The highest BCUT2D eigenvalue weighted by atomic mass is 16.2. The zero-order valence-electron chi connectivity index (χ0n) is 17.2. The fraction of sp³-hybridized carbons (Fsp3) is 0.652. The van der Waals surface area contributed by atoms with Gasteiger partial charge >= 0.3 is 0 Å². The van der Waals surface area contributed by atoms with E-state index in [2.05, 4.69) is 44.2 Å². The Balaban J connectivity index is 0.00000134. The first-order valence-corrected chi connectivity index (χ1v) is 10.2. The molecular formula is C23H41NO. The predicted molar refractivity (Wildman–Crippen MR) is 112 cm³/mol. The number of hydrogen-bond donors (Lipinski definition) is 2.